The molecule has 244 valence electrons. The number of carboxylic acid groups (broad SMARTS) is 1. The average molecular weight is 628 g/mol. The van der Waals surface area contributed by atoms with E-state index in [9.17, 15) is 14.3 Å². The lowest BCUT2D eigenvalue weighted by Crippen LogP contribution is -2.39. The van der Waals surface area contributed by atoms with Crippen LogP contribution in [-0.2, 0) is 16.0 Å². The number of nitrogens with zero attached hydrogens (tertiary/aromatic N) is 3. The van der Waals surface area contributed by atoms with E-state index < -0.39 is 17.7 Å². The van der Waals surface area contributed by atoms with Gasteiger partial charge in [-0.3, -0.25) is 0 Å². The van der Waals surface area contributed by atoms with Crippen LogP contribution >= 0.6 is 0 Å². The van der Waals surface area contributed by atoms with Crippen molar-refractivity contribution in [1.29, 1.82) is 0 Å². The average Bonchev–Trinajstić information content (AvgIpc) is 3.75. The van der Waals surface area contributed by atoms with Crippen molar-refractivity contribution < 1.29 is 23.8 Å². The Morgan fingerprint density at radius 2 is 1.72 bits per heavy atom. The van der Waals surface area contributed by atoms with Gasteiger partial charge in [0.1, 0.15) is 17.2 Å². The van der Waals surface area contributed by atoms with Gasteiger partial charge in [0.15, 0.2) is 6.10 Å². The highest BCUT2D eigenvalue weighted by molar-refractivity contribution is 5.94. The van der Waals surface area contributed by atoms with Gasteiger partial charge in [0.05, 0.1) is 23.6 Å². The van der Waals surface area contributed by atoms with Crippen LogP contribution < -0.4 is 9.64 Å². The standard InChI is InChI=1S/C38H46FN3O4/c1-24-31(34(36(43)44)46-37(2,3)4)33(41-20-18-38(5,6)19-21-41)32(35-40-30(23-42(24)35)26-9-10-26)27-11-15-29(16-12-27)45-22-17-25-7-13-28(39)14-8-25/h7-8,11-16,23,26,34H,9-10,17-22H2,1-6H3,(H,43,44)/t34-/m0/s1. The molecule has 1 saturated carbocycles. The molecular weight excluding hydrogens is 581 g/mol. The molecule has 1 aliphatic carbocycles. The molecule has 2 aromatic carbocycles. The lowest BCUT2D eigenvalue weighted by Gasteiger charge is -2.41. The quantitative estimate of drug-likeness (QED) is 0.190. The van der Waals surface area contributed by atoms with Crippen LogP contribution in [0.15, 0.2) is 54.7 Å². The fourth-order valence-electron chi connectivity index (χ4n) is 6.43. The van der Waals surface area contributed by atoms with E-state index in [1.165, 1.54) is 12.1 Å². The first-order valence-electron chi connectivity index (χ1n) is 16.5. The number of halogens is 1. The molecule has 6 rings (SSSR count). The Morgan fingerprint density at radius 1 is 1.07 bits per heavy atom. The number of hydrogen-bond donors (Lipinski definition) is 1. The van der Waals surface area contributed by atoms with Crippen molar-refractivity contribution >= 4 is 17.3 Å². The van der Waals surface area contributed by atoms with Crippen LogP contribution in [0.5, 0.6) is 5.75 Å². The van der Waals surface area contributed by atoms with E-state index in [0.29, 0.717) is 24.5 Å². The van der Waals surface area contributed by atoms with E-state index in [2.05, 4.69) is 29.3 Å². The lowest BCUT2D eigenvalue weighted by atomic mass is 9.82. The number of hydrogen-bond acceptors (Lipinski definition) is 5. The predicted molar refractivity (Wildman–Crippen MR) is 179 cm³/mol. The van der Waals surface area contributed by atoms with E-state index in [-0.39, 0.29) is 11.2 Å². The zero-order valence-electron chi connectivity index (χ0n) is 27.9. The molecule has 46 heavy (non-hydrogen) atoms. The maximum absolute atomic E-state index is 13.3. The summed E-state index contributed by atoms with van der Waals surface area (Å²) in [6.07, 6.45) is 5.84. The van der Waals surface area contributed by atoms with Crippen LogP contribution in [0, 0.1) is 18.2 Å². The number of anilines is 1. The maximum atomic E-state index is 13.3. The Hall–Kier alpha value is -3.91. The van der Waals surface area contributed by atoms with Crippen molar-refractivity contribution in [3.05, 3.63) is 83.1 Å². The molecule has 0 bridgehead atoms. The number of carbonyl (C=O) groups is 1. The number of pyridine rings is 1. The maximum Gasteiger partial charge on any atom is 0.337 e. The molecule has 0 radical (unpaired) electrons. The summed E-state index contributed by atoms with van der Waals surface area (Å²) >= 11 is 0. The van der Waals surface area contributed by atoms with Gasteiger partial charge in [0.2, 0.25) is 0 Å². The van der Waals surface area contributed by atoms with Gasteiger partial charge in [-0.25, -0.2) is 14.2 Å². The molecule has 7 nitrogen and oxygen atoms in total. The van der Waals surface area contributed by atoms with E-state index in [0.717, 1.165) is 83.9 Å². The number of aliphatic carboxylic acids is 1. The summed E-state index contributed by atoms with van der Waals surface area (Å²) in [5.74, 6) is -0.0817. The third-order valence-electron chi connectivity index (χ3n) is 9.29. The van der Waals surface area contributed by atoms with E-state index in [1.54, 1.807) is 12.1 Å². The minimum atomic E-state index is -1.16. The molecule has 1 aliphatic heterocycles. The first kappa shape index (κ1) is 32.0. The highest BCUT2D eigenvalue weighted by Gasteiger charge is 2.38. The second-order valence-electron chi connectivity index (χ2n) is 14.7. The van der Waals surface area contributed by atoms with Crippen molar-refractivity contribution in [3.63, 3.8) is 0 Å². The number of benzene rings is 2. The molecule has 1 N–H and O–H groups in total. The van der Waals surface area contributed by atoms with Gasteiger partial charge in [0, 0.05) is 48.4 Å². The number of fused-ring (bicyclic) bond motifs is 1. The summed E-state index contributed by atoms with van der Waals surface area (Å²) < 4.78 is 27.8. The largest absolute Gasteiger partial charge is 0.493 e. The van der Waals surface area contributed by atoms with Crippen molar-refractivity contribution in [3.8, 4) is 16.9 Å². The number of imidazole rings is 1. The zero-order valence-corrected chi connectivity index (χ0v) is 27.9. The summed E-state index contributed by atoms with van der Waals surface area (Å²) in [7, 11) is 0. The Balaban J connectivity index is 1.47. The molecule has 2 aromatic heterocycles. The van der Waals surface area contributed by atoms with Gasteiger partial charge < -0.3 is 23.9 Å². The number of rotatable bonds is 10. The molecular formula is C38H46FN3O4. The van der Waals surface area contributed by atoms with E-state index >= 15 is 0 Å². The molecule has 2 aliphatic rings. The number of aryl methyl sites for hydroxylation is 1. The van der Waals surface area contributed by atoms with Gasteiger partial charge >= 0.3 is 5.97 Å². The second-order valence-corrected chi connectivity index (χ2v) is 14.7. The summed E-state index contributed by atoms with van der Waals surface area (Å²) in [6, 6.07) is 14.5. The number of ether oxygens (including phenoxy) is 2. The SMILES string of the molecule is Cc1c([C@H](OC(C)(C)C)C(=O)O)c(N2CCC(C)(C)CC2)c(-c2ccc(OCCc3ccc(F)cc3)cc2)c2nc(C3CC3)cn12. The minimum Gasteiger partial charge on any atom is -0.493 e. The molecule has 0 spiro atoms. The number of carboxylic acids is 1. The van der Waals surface area contributed by atoms with Crippen molar-refractivity contribution in [2.24, 2.45) is 5.41 Å². The molecule has 2 fully saturated rings. The van der Waals surface area contributed by atoms with Crippen molar-refractivity contribution in [2.75, 3.05) is 24.6 Å². The molecule has 1 atom stereocenters. The molecule has 8 heteroatoms. The van der Waals surface area contributed by atoms with Gasteiger partial charge in [-0.2, -0.15) is 0 Å². The molecule has 1 saturated heterocycles. The van der Waals surface area contributed by atoms with Crippen LogP contribution in [0.1, 0.15) is 94.8 Å². The Labute approximate surface area is 271 Å². The summed E-state index contributed by atoms with van der Waals surface area (Å²) in [5.41, 5.74) is 6.74. The fourth-order valence-corrected chi connectivity index (χ4v) is 6.43. The predicted octanol–water partition coefficient (Wildman–Crippen LogP) is 8.51. The minimum absolute atomic E-state index is 0.212. The fraction of sp³-hybridized carbons (Fsp3) is 0.474. The van der Waals surface area contributed by atoms with E-state index in [4.69, 9.17) is 14.5 Å². The third kappa shape index (κ3) is 6.92. The Morgan fingerprint density at radius 3 is 2.30 bits per heavy atom. The third-order valence-corrected chi connectivity index (χ3v) is 9.29. The Kier molecular flexibility index (Phi) is 8.61. The smallest absolute Gasteiger partial charge is 0.337 e. The summed E-state index contributed by atoms with van der Waals surface area (Å²) in [6.45, 7) is 14.4. The molecule has 0 unspecified atom stereocenters. The van der Waals surface area contributed by atoms with Crippen molar-refractivity contribution in [2.45, 2.75) is 91.3 Å². The normalized spacial score (nSPS) is 17.3. The van der Waals surface area contributed by atoms with E-state index in [1.807, 2.05) is 52.0 Å². The van der Waals surface area contributed by atoms with Crippen LogP contribution in [0.2, 0.25) is 0 Å². The van der Waals surface area contributed by atoms with Crippen molar-refractivity contribution in [1.82, 2.24) is 9.38 Å². The van der Waals surface area contributed by atoms with Gasteiger partial charge in [-0.1, -0.05) is 38.1 Å². The van der Waals surface area contributed by atoms with Crippen LogP contribution in [0.25, 0.3) is 16.8 Å². The summed E-state index contributed by atoms with van der Waals surface area (Å²) in [5, 5.41) is 10.7. The molecule has 3 heterocycles. The molecule has 0 amide bonds. The topological polar surface area (TPSA) is 76.3 Å². The first-order valence-corrected chi connectivity index (χ1v) is 16.5. The van der Waals surface area contributed by atoms with Gasteiger partial charge in [0.25, 0.3) is 0 Å². The highest BCUT2D eigenvalue weighted by atomic mass is 19.1. The van der Waals surface area contributed by atoms with Crippen LogP contribution in [0.3, 0.4) is 0 Å². The zero-order chi connectivity index (χ0) is 32.8. The first-order chi connectivity index (χ1) is 21.8. The highest BCUT2D eigenvalue weighted by Crippen LogP contribution is 2.48. The summed E-state index contributed by atoms with van der Waals surface area (Å²) in [4.78, 5) is 20.6. The van der Waals surface area contributed by atoms with Gasteiger partial charge in [-0.15, -0.1) is 0 Å². The molecule has 4 aromatic rings. The number of piperidine rings is 1. The monoisotopic (exact) mass is 627 g/mol. The Bertz CT molecular complexity index is 1710. The number of aromatic nitrogens is 2. The second kappa shape index (κ2) is 12.4. The van der Waals surface area contributed by atoms with Crippen LogP contribution in [-0.4, -0.2) is 45.8 Å². The van der Waals surface area contributed by atoms with Gasteiger partial charge in [-0.05, 0) is 94.2 Å². The lowest BCUT2D eigenvalue weighted by molar-refractivity contribution is -0.160. The van der Waals surface area contributed by atoms with Crippen LogP contribution in [0.4, 0.5) is 10.1 Å².